The minimum Gasteiger partial charge on any atom is -0.409 e. The van der Waals surface area contributed by atoms with Crippen LogP contribution in [0, 0.1) is 11.7 Å². The van der Waals surface area contributed by atoms with E-state index in [2.05, 4.69) is 17.4 Å². The molecule has 0 aromatic heterocycles. The van der Waals surface area contributed by atoms with Crippen LogP contribution in [-0.2, 0) is 6.54 Å². The van der Waals surface area contributed by atoms with Crippen LogP contribution in [0.3, 0.4) is 0 Å². The van der Waals surface area contributed by atoms with Gasteiger partial charge >= 0.3 is 0 Å². The Labute approximate surface area is 118 Å². The second-order valence-corrected chi connectivity index (χ2v) is 5.51. The van der Waals surface area contributed by atoms with Crippen LogP contribution in [0.4, 0.5) is 4.39 Å². The average Bonchev–Trinajstić information content (AvgIpc) is 2.99. The summed E-state index contributed by atoms with van der Waals surface area (Å²) < 4.78 is 13.9. The number of nitrogens with one attached hydrogen (secondary N) is 1. The Morgan fingerprint density at radius 3 is 2.80 bits per heavy atom. The van der Waals surface area contributed by atoms with Crippen LogP contribution in [0.5, 0.6) is 0 Å². The predicted octanol–water partition coefficient (Wildman–Crippen LogP) is 2.59. The molecule has 4 nitrogen and oxygen atoms in total. The highest BCUT2D eigenvalue weighted by molar-refractivity contribution is 5.97. The van der Waals surface area contributed by atoms with E-state index in [4.69, 9.17) is 10.9 Å². The van der Waals surface area contributed by atoms with Crippen LogP contribution in [0.25, 0.3) is 0 Å². The molecule has 1 aliphatic rings. The number of amidine groups is 1. The minimum atomic E-state index is -0.333. The molecule has 4 N–H and O–H groups in total. The number of benzene rings is 1. The molecule has 1 fully saturated rings. The maximum Gasteiger partial charge on any atom is 0.170 e. The fourth-order valence-corrected chi connectivity index (χ4v) is 2.80. The van der Waals surface area contributed by atoms with Crippen LogP contribution in [0.1, 0.15) is 43.7 Å². The molecular formula is C15H22FN3O. The average molecular weight is 279 g/mol. The van der Waals surface area contributed by atoms with Crippen molar-refractivity contribution in [1.82, 2.24) is 5.32 Å². The Hall–Kier alpha value is -1.62. The van der Waals surface area contributed by atoms with E-state index in [0.717, 1.165) is 0 Å². The molecule has 0 spiro atoms. The van der Waals surface area contributed by atoms with Gasteiger partial charge in [0.05, 0.1) is 0 Å². The van der Waals surface area contributed by atoms with Crippen molar-refractivity contribution < 1.29 is 9.60 Å². The molecule has 5 heteroatoms. The smallest absolute Gasteiger partial charge is 0.170 e. The van der Waals surface area contributed by atoms with Gasteiger partial charge in [0, 0.05) is 23.7 Å². The third-order valence-electron chi connectivity index (χ3n) is 4.18. The van der Waals surface area contributed by atoms with Crippen LogP contribution in [-0.4, -0.2) is 17.1 Å². The largest absolute Gasteiger partial charge is 0.409 e. The van der Waals surface area contributed by atoms with Crippen molar-refractivity contribution in [2.75, 3.05) is 0 Å². The molecular weight excluding hydrogens is 257 g/mol. The molecule has 1 aromatic carbocycles. The van der Waals surface area contributed by atoms with Crippen molar-refractivity contribution in [3.05, 3.63) is 35.1 Å². The molecule has 0 amide bonds. The van der Waals surface area contributed by atoms with Gasteiger partial charge in [-0.2, -0.15) is 0 Å². The van der Waals surface area contributed by atoms with E-state index >= 15 is 0 Å². The topological polar surface area (TPSA) is 70.6 Å². The zero-order valence-electron chi connectivity index (χ0n) is 11.8. The Kier molecular flexibility index (Phi) is 4.95. The third-order valence-corrected chi connectivity index (χ3v) is 4.18. The minimum absolute atomic E-state index is 0.0808. The van der Waals surface area contributed by atoms with Gasteiger partial charge in [-0.15, -0.1) is 0 Å². The van der Waals surface area contributed by atoms with Crippen molar-refractivity contribution in [3.8, 4) is 0 Å². The second kappa shape index (κ2) is 6.70. The summed E-state index contributed by atoms with van der Waals surface area (Å²) in [6.45, 7) is 2.67. The fraction of sp³-hybridized carbons (Fsp3) is 0.533. The lowest BCUT2D eigenvalue weighted by Crippen LogP contribution is -2.32. The van der Waals surface area contributed by atoms with E-state index in [-0.39, 0.29) is 11.7 Å². The van der Waals surface area contributed by atoms with Gasteiger partial charge < -0.3 is 16.3 Å². The zero-order chi connectivity index (χ0) is 14.5. The van der Waals surface area contributed by atoms with Gasteiger partial charge in [0.1, 0.15) is 5.82 Å². The molecule has 0 heterocycles. The van der Waals surface area contributed by atoms with Crippen LogP contribution in [0.2, 0.25) is 0 Å². The monoisotopic (exact) mass is 279 g/mol. The summed E-state index contributed by atoms with van der Waals surface area (Å²) >= 11 is 0. The number of oxime groups is 1. The number of rotatable bonds is 5. The van der Waals surface area contributed by atoms with Crippen molar-refractivity contribution in [2.24, 2.45) is 16.8 Å². The van der Waals surface area contributed by atoms with E-state index in [0.29, 0.717) is 29.6 Å². The summed E-state index contributed by atoms with van der Waals surface area (Å²) in [5, 5.41) is 14.8. The molecule has 20 heavy (non-hydrogen) atoms. The van der Waals surface area contributed by atoms with Crippen molar-refractivity contribution >= 4 is 5.84 Å². The van der Waals surface area contributed by atoms with E-state index in [9.17, 15) is 4.39 Å². The highest BCUT2D eigenvalue weighted by Crippen LogP contribution is 2.27. The molecule has 110 valence electrons. The maximum atomic E-state index is 13.9. The first-order valence-electron chi connectivity index (χ1n) is 7.11. The van der Waals surface area contributed by atoms with Crippen molar-refractivity contribution in [1.29, 1.82) is 0 Å². The lowest BCUT2D eigenvalue weighted by molar-refractivity contribution is 0.318. The molecule has 1 aliphatic carbocycles. The lowest BCUT2D eigenvalue weighted by Gasteiger charge is -2.20. The Morgan fingerprint density at radius 1 is 1.50 bits per heavy atom. The Balaban J connectivity index is 1.96. The van der Waals surface area contributed by atoms with Gasteiger partial charge in [-0.1, -0.05) is 30.1 Å². The molecule has 1 atom stereocenters. The Morgan fingerprint density at radius 2 is 2.20 bits per heavy atom. The summed E-state index contributed by atoms with van der Waals surface area (Å²) in [7, 11) is 0. The molecule has 0 saturated heterocycles. The zero-order valence-corrected chi connectivity index (χ0v) is 11.8. The molecule has 1 saturated carbocycles. The third kappa shape index (κ3) is 3.48. The fourth-order valence-electron chi connectivity index (χ4n) is 2.80. The molecule has 0 radical (unpaired) electrons. The van der Waals surface area contributed by atoms with Gasteiger partial charge in [-0.3, -0.25) is 0 Å². The first-order valence-corrected chi connectivity index (χ1v) is 7.11. The van der Waals surface area contributed by atoms with Crippen LogP contribution in [0.15, 0.2) is 23.4 Å². The van der Waals surface area contributed by atoms with E-state index in [1.807, 2.05) is 0 Å². The number of hydrogen-bond acceptors (Lipinski definition) is 3. The van der Waals surface area contributed by atoms with Crippen molar-refractivity contribution in [3.63, 3.8) is 0 Å². The molecule has 0 bridgehead atoms. The summed E-state index contributed by atoms with van der Waals surface area (Å²) in [6.07, 6.45) is 5.14. The number of nitrogens with two attached hydrogens (primary N) is 1. The first kappa shape index (κ1) is 14.8. The number of nitrogens with zero attached hydrogens (tertiary/aromatic N) is 1. The standard InChI is InChI=1S/C15H22FN3O/c1-10(11-4-2-3-5-11)18-9-13-7-6-12(8-14(13)16)15(17)19-20/h6-8,10-11,18,20H,2-5,9H2,1H3,(H2,17,19). The second-order valence-electron chi connectivity index (χ2n) is 5.51. The predicted molar refractivity (Wildman–Crippen MR) is 77.2 cm³/mol. The summed E-state index contributed by atoms with van der Waals surface area (Å²) in [4.78, 5) is 0. The number of hydrogen-bond donors (Lipinski definition) is 3. The Bertz CT molecular complexity index is 484. The van der Waals surface area contributed by atoms with E-state index in [1.165, 1.54) is 31.7 Å². The van der Waals surface area contributed by atoms with E-state index < -0.39 is 0 Å². The summed E-state index contributed by atoms with van der Waals surface area (Å²) in [6, 6.07) is 5.04. The maximum absolute atomic E-state index is 13.9. The SMILES string of the molecule is CC(NCc1ccc(C(N)=NO)cc1F)C1CCCC1. The first-order chi connectivity index (χ1) is 9.61. The lowest BCUT2D eigenvalue weighted by atomic mass is 9.99. The van der Waals surface area contributed by atoms with E-state index in [1.54, 1.807) is 12.1 Å². The highest BCUT2D eigenvalue weighted by atomic mass is 19.1. The van der Waals surface area contributed by atoms with Gasteiger partial charge in [0.15, 0.2) is 5.84 Å². The molecule has 0 aliphatic heterocycles. The van der Waals surface area contributed by atoms with Crippen LogP contribution >= 0.6 is 0 Å². The highest BCUT2D eigenvalue weighted by Gasteiger charge is 2.21. The van der Waals surface area contributed by atoms with Crippen molar-refractivity contribution in [2.45, 2.75) is 45.2 Å². The van der Waals surface area contributed by atoms with Gasteiger partial charge in [-0.25, -0.2) is 4.39 Å². The molecule has 1 unspecified atom stereocenters. The summed E-state index contributed by atoms with van der Waals surface area (Å²) in [5.74, 6) is 0.289. The van der Waals surface area contributed by atoms with Crippen LogP contribution < -0.4 is 11.1 Å². The van der Waals surface area contributed by atoms with Gasteiger partial charge in [0.2, 0.25) is 0 Å². The normalized spacial score (nSPS) is 18.4. The molecule has 1 aromatic rings. The quantitative estimate of drug-likeness (QED) is 0.336. The number of halogens is 1. The van der Waals surface area contributed by atoms with Gasteiger partial charge in [0.25, 0.3) is 0 Å². The molecule has 2 rings (SSSR count). The van der Waals surface area contributed by atoms with Gasteiger partial charge in [-0.05, 0) is 31.7 Å². The summed E-state index contributed by atoms with van der Waals surface area (Å²) in [5.41, 5.74) is 6.42.